The van der Waals surface area contributed by atoms with Gasteiger partial charge in [0.2, 0.25) is 5.91 Å². The summed E-state index contributed by atoms with van der Waals surface area (Å²) in [6.45, 7) is 1.66. The van der Waals surface area contributed by atoms with Crippen LogP contribution in [0.2, 0.25) is 0 Å². The second kappa shape index (κ2) is 4.47. The molecule has 1 aromatic rings. The van der Waals surface area contributed by atoms with Crippen LogP contribution in [-0.2, 0) is 18.4 Å². The minimum Gasteiger partial charge on any atom is -0.390 e. The number of rotatable bonds is 4. The van der Waals surface area contributed by atoms with E-state index >= 15 is 0 Å². The number of thioether (sulfide) groups is 1. The van der Waals surface area contributed by atoms with Crippen molar-refractivity contribution in [3.8, 4) is 0 Å². The zero-order valence-electron chi connectivity index (χ0n) is 8.10. The Morgan fingerprint density at radius 1 is 1.86 bits per heavy atom. The molecule has 78 valence electrons. The van der Waals surface area contributed by atoms with E-state index < -0.39 is 0 Å². The monoisotopic (exact) mass is 215 g/mol. The number of primary amides is 1. The predicted molar refractivity (Wildman–Crippen MR) is 53.6 cm³/mol. The number of nitrogens with two attached hydrogens (primary N) is 1. The van der Waals surface area contributed by atoms with Crippen molar-refractivity contribution in [2.75, 3.05) is 0 Å². The number of aromatic nitrogens is 2. The molecule has 0 aliphatic heterocycles. The van der Waals surface area contributed by atoms with Gasteiger partial charge < -0.3 is 15.4 Å². The number of carbonyl (C=O) groups is 1. The van der Waals surface area contributed by atoms with Crippen molar-refractivity contribution in [1.29, 1.82) is 0 Å². The van der Waals surface area contributed by atoms with Gasteiger partial charge in [-0.25, -0.2) is 4.98 Å². The van der Waals surface area contributed by atoms with Crippen molar-refractivity contribution in [3.63, 3.8) is 0 Å². The van der Waals surface area contributed by atoms with E-state index in [1.807, 2.05) is 0 Å². The van der Waals surface area contributed by atoms with E-state index in [-0.39, 0.29) is 17.8 Å². The number of amides is 1. The quantitative estimate of drug-likeness (QED) is 0.686. The van der Waals surface area contributed by atoms with Gasteiger partial charge in [-0.3, -0.25) is 4.79 Å². The molecule has 0 saturated carbocycles. The number of carbonyl (C=O) groups excluding carboxylic acids is 1. The first-order valence-electron chi connectivity index (χ1n) is 4.13. The zero-order valence-corrected chi connectivity index (χ0v) is 8.91. The van der Waals surface area contributed by atoms with Crippen LogP contribution in [0.1, 0.15) is 12.6 Å². The molecule has 0 bridgehead atoms. The maximum atomic E-state index is 10.8. The van der Waals surface area contributed by atoms with Crippen LogP contribution >= 0.6 is 11.8 Å². The molecule has 1 unspecified atom stereocenters. The van der Waals surface area contributed by atoms with Crippen LogP contribution in [0.5, 0.6) is 0 Å². The SMILES string of the molecule is CC(Sc1ncc(CO)n1C)C(N)=O. The maximum Gasteiger partial charge on any atom is 0.230 e. The first-order valence-corrected chi connectivity index (χ1v) is 5.01. The van der Waals surface area contributed by atoms with E-state index in [1.54, 1.807) is 24.7 Å². The van der Waals surface area contributed by atoms with E-state index in [2.05, 4.69) is 4.98 Å². The lowest BCUT2D eigenvalue weighted by atomic mass is 10.5. The van der Waals surface area contributed by atoms with E-state index in [0.29, 0.717) is 10.9 Å². The van der Waals surface area contributed by atoms with Gasteiger partial charge in [-0.2, -0.15) is 0 Å². The predicted octanol–water partition coefficient (Wildman–Crippen LogP) is -0.122. The molecule has 0 aromatic carbocycles. The fourth-order valence-corrected chi connectivity index (χ4v) is 1.72. The van der Waals surface area contributed by atoms with Crippen LogP contribution in [0, 0.1) is 0 Å². The van der Waals surface area contributed by atoms with Crippen molar-refractivity contribution in [2.45, 2.75) is 23.9 Å². The molecule has 3 N–H and O–H groups in total. The van der Waals surface area contributed by atoms with E-state index in [1.165, 1.54) is 11.8 Å². The smallest absolute Gasteiger partial charge is 0.230 e. The third-order valence-electron chi connectivity index (χ3n) is 1.89. The normalized spacial score (nSPS) is 12.8. The molecule has 1 amide bonds. The molecule has 0 spiro atoms. The zero-order chi connectivity index (χ0) is 10.7. The van der Waals surface area contributed by atoms with E-state index in [4.69, 9.17) is 10.8 Å². The molecule has 6 heteroatoms. The number of aliphatic hydroxyl groups is 1. The van der Waals surface area contributed by atoms with Crippen LogP contribution in [0.25, 0.3) is 0 Å². The number of nitrogens with zero attached hydrogens (tertiary/aromatic N) is 2. The highest BCUT2D eigenvalue weighted by molar-refractivity contribution is 8.00. The van der Waals surface area contributed by atoms with Gasteiger partial charge in [0.05, 0.1) is 23.7 Å². The molecule has 1 heterocycles. The average molecular weight is 215 g/mol. The molecular weight excluding hydrogens is 202 g/mol. The molecule has 1 rings (SSSR count). The van der Waals surface area contributed by atoms with Crippen molar-refractivity contribution >= 4 is 17.7 Å². The average Bonchev–Trinajstić information content (AvgIpc) is 2.47. The van der Waals surface area contributed by atoms with E-state index in [0.717, 1.165) is 0 Å². The first kappa shape index (κ1) is 11.1. The summed E-state index contributed by atoms with van der Waals surface area (Å²) in [5, 5.41) is 9.28. The number of hydrogen-bond donors (Lipinski definition) is 2. The highest BCUT2D eigenvalue weighted by Crippen LogP contribution is 2.21. The van der Waals surface area contributed by atoms with Gasteiger partial charge in [0, 0.05) is 7.05 Å². The third-order valence-corrected chi connectivity index (χ3v) is 3.06. The Bertz CT molecular complexity index is 337. The van der Waals surface area contributed by atoms with Crippen LogP contribution in [-0.4, -0.2) is 25.8 Å². The van der Waals surface area contributed by atoms with Crippen LogP contribution in [0.3, 0.4) is 0 Å². The number of hydrogen-bond acceptors (Lipinski definition) is 4. The lowest BCUT2D eigenvalue weighted by Gasteiger charge is -2.07. The molecule has 0 fully saturated rings. The summed E-state index contributed by atoms with van der Waals surface area (Å²) in [7, 11) is 1.79. The molecule has 14 heavy (non-hydrogen) atoms. The lowest BCUT2D eigenvalue weighted by Crippen LogP contribution is -2.23. The number of imidazole rings is 1. The minimum atomic E-state index is -0.372. The highest BCUT2D eigenvalue weighted by atomic mass is 32.2. The second-order valence-corrected chi connectivity index (χ2v) is 4.22. The molecule has 1 aromatic heterocycles. The first-order chi connectivity index (χ1) is 6.56. The lowest BCUT2D eigenvalue weighted by molar-refractivity contribution is -0.117. The topological polar surface area (TPSA) is 81.1 Å². The van der Waals surface area contributed by atoms with Crippen molar-refractivity contribution in [1.82, 2.24) is 9.55 Å². The largest absolute Gasteiger partial charge is 0.390 e. The van der Waals surface area contributed by atoms with E-state index in [9.17, 15) is 4.79 Å². The molecule has 1 atom stereocenters. The van der Waals surface area contributed by atoms with Gasteiger partial charge >= 0.3 is 0 Å². The highest BCUT2D eigenvalue weighted by Gasteiger charge is 2.14. The summed E-state index contributed by atoms with van der Waals surface area (Å²) in [5.41, 5.74) is 5.84. The summed E-state index contributed by atoms with van der Waals surface area (Å²) in [6, 6.07) is 0. The van der Waals surface area contributed by atoms with Gasteiger partial charge in [-0.05, 0) is 6.92 Å². The summed E-state index contributed by atoms with van der Waals surface area (Å²) >= 11 is 1.28. The third kappa shape index (κ3) is 2.27. The fraction of sp³-hybridized carbons (Fsp3) is 0.500. The Labute approximate surface area is 86.3 Å². The molecule has 0 aliphatic rings. The Kier molecular flexibility index (Phi) is 3.54. The maximum absolute atomic E-state index is 10.8. The number of aliphatic hydroxyl groups excluding tert-OH is 1. The van der Waals surface area contributed by atoms with Gasteiger partial charge in [0.1, 0.15) is 0 Å². The van der Waals surface area contributed by atoms with Crippen molar-refractivity contribution < 1.29 is 9.90 Å². The summed E-state index contributed by atoms with van der Waals surface area (Å²) in [5.74, 6) is -0.372. The molecule has 0 radical (unpaired) electrons. The Hall–Kier alpha value is -1.01. The van der Waals surface area contributed by atoms with Gasteiger partial charge in [0.15, 0.2) is 5.16 Å². The second-order valence-electron chi connectivity index (χ2n) is 2.91. The van der Waals surface area contributed by atoms with Gasteiger partial charge in [0.25, 0.3) is 0 Å². The van der Waals surface area contributed by atoms with Crippen molar-refractivity contribution in [2.24, 2.45) is 12.8 Å². The Morgan fingerprint density at radius 2 is 2.50 bits per heavy atom. The molecule has 0 aliphatic carbocycles. The summed E-state index contributed by atoms with van der Waals surface area (Å²) < 4.78 is 1.74. The summed E-state index contributed by atoms with van der Waals surface area (Å²) in [6.07, 6.45) is 1.58. The van der Waals surface area contributed by atoms with Crippen LogP contribution in [0.15, 0.2) is 11.4 Å². The molecule has 0 saturated heterocycles. The standard InChI is InChI=1S/C8H13N3O2S/c1-5(7(9)13)14-8-10-3-6(4-12)11(8)2/h3,5,12H,4H2,1-2H3,(H2,9,13). The minimum absolute atomic E-state index is 0.0605. The fourth-order valence-electron chi connectivity index (χ4n) is 0.898. The molecule has 5 nitrogen and oxygen atoms in total. The van der Waals surface area contributed by atoms with Crippen molar-refractivity contribution in [3.05, 3.63) is 11.9 Å². The van der Waals surface area contributed by atoms with Crippen LogP contribution in [0.4, 0.5) is 0 Å². The summed E-state index contributed by atoms with van der Waals surface area (Å²) in [4.78, 5) is 14.9. The van der Waals surface area contributed by atoms with Crippen LogP contribution < -0.4 is 5.73 Å². The Balaban J connectivity index is 2.77. The molecular formula is C8H13N3O2S. The van der Waals surface area contributed by atoms with Gasteiger partial charge in [-0.15, -0.1) is 0 Å². The Morgan fingerprint density at radius 3 is 2.93 bits per heavy atom. The van der Waals surface area contributed by atoms with Gasteiger partial charge in [-0.1, -0.05) is 11.8 Å².